The fraction of sp³-hybridized carbons (Fsp3) is 0.467. The summed E-state index contributed by atoms with van der Waals surface area (Å²) in [5, 5.41) is 10.8. The first-order valence-electron chi connectivity index (χ1n) is 14.3. The minimum atomic E-state index is -3.63. The molecule has 0 spiro atoms. The van der Waals surface area contributed by atoms with Gasteiger partial charge in [0.05, 0.1) is 17.7 Å². The van der Waals surface area contributed by atoms with Gasteiger partial charge in [-0.1, -0.05) is 6.07 Å². The highest BCUT2D eigenvalue weighted by molar-refractivity contribution is 7.89. The van der Waals surface area contributed by atoms with Crippen LogP contribution in [-0.2, 0) is 36.7 Å². The number of benzene rings is 1. The van der Waals surface area contributed by atoms with Crippen molar-refractivity contribution < 1.29 is 18.3 Å². The Bertz CT molecular complexity index is 1690. The summed E-state index contributed by atoms with van der Waals surface area (Å²) in [7, 11) is -0.230. The first-order valence-corrected chi connectivity index (χ1v) is 15.8. The molecule has 0 aliphatic carbocycles. The van der Waals surface area contributed by atoms with E-state index < -0.39 is 15.5 Å². The third kappa shape index (κ3) is 5.39. The number of ether oxygens (including phenoxy) is 1. The normalized spacial score (nSPS) is 21.7. The molecule has 3 aromatic rings. The summed E-state index contributed by atoms with van der Waals surface area (Å²) in [5.74, 6) is 0.969. The standard InChI is InChI=1S/C30H37N5O6S/c1-31-23(19-33-16-21-14-22(18-33)26-4-3-5-29(37)35(26)17-21)15-28(36)30(38)27(31)20-32-10-12-34(13-11-32)42(39,40)25-8-6-24(41-2)7-9-25/h3-9,15,21-22,38H,10-14,16-20H2,1-2H3/t21-,22+/m1/s1. The average Bonchev–Trinajstić information content (AvgIpc) is 2.99. The molecule has 2 fully saturated rings. The second-order valence-electron chi connectivity index (χ2n) is 11.6. The summed E-state index contributed by atoms with van der Waals surface area (Å²) in [6.45, 7) is 4.82. The van der Waals surface area contributed by atoms with Crippen molar-refractivity contribution in [2.24, 2.45) is 13.0 Å². The zero-order valence-electron chi connectivity index (χ0n) is 24.0. The van der Waals surface area contributed by atoms with Gasteiger partial charge in [0.2, 0.25) is 15.5 Å². The van der Waals surface area contributed by atoms with Gasteiger partial charge in [0.1, 0.15) is 5.75 Å². The Morgan fingerprint density at radius 1 is 0.929 bits per heavy atom. The summed E-state index contributed by atoms with van der Waals surface area (Å²) in [6.07, 6.45) is 1.06. The summed E-state index contributed by atoms with van der Waals surface area (Å²) < 4.78 is 36.7. The number of pyridine rings is 2. The van der Waals surface area contributed by atoms with Gasteiger partial charge < -0.3 is 19.0 Å². The Hall–Kier alpha value is -3.45. The van der Waals surface area contributed by atoms with E-state index in [1.54, 1.807) is 30.3 Å². The van der Waals surface area contributed by atoms with Crippen LogP contribution in [0.3, 0.4) is 0 Å². The minimum Gasteiger partial charge on any atom is -0.503 e. The minimum absolute atomic E-state index is 0.0559. The molecule has 42 heavy (non-hydrogen) atoms. The van der Waals surface area contributed by atoms with Gasteiger partial charge in [0, 0.05) is 95.4 Å². The molecule has 2 atom stereocenters. The number of piperazine rings is 1. The fourth-order valence-corrected chi connectivity index (χ4v) is 8.14. The Morgan fingerprint density at radius 3 is 2.38 bits per heavy atom. The number of piperidine rings is 1. The van der Waals surface area contributed by atoms with Gasteiger partial charge in [-0.05, 0) is 42.7 Å². The van der Waals surface area contributed by atoms with Crippen LogP contribution in [0.15, 0.2) is 63.0 Å². The Kier molecular flexibility index (Phi) is 7.73. The molecule has 3 aliphatic heterocycles. The van der Waals surface area contributed by atoms with Gasteiger partial charge in [-0.2, -0.15) is 4.31 Å². The number of nitrogens with zero attached hydrogens (tertiary/aromatic N) is 5. The van der Waals surface area contributed by atoms with Crippen LogP contribution in [0.2, 0.25) is 0 Å². The number of likely N-dealkylation sites (tertiary alicyclic amines) is 1. The number of rotatable bonds is 7. The van der Waals surface area contributed by atoms with Gasteiger partial charge in [-0.3, -0.25) is 19.4 Å². The molecule has 0 unspecified atom stereocenters. The molecule has 0 radical (unpaired) electrons. The smallest absolute Gasteiger partial charge is 0.250 e. The van der Waals surface area contributed by atoms with Gasteiger partial charge in [-0.25, -0.2) is 8.42 Å². The van der Waals surface area contributed by atoms with Crippen LogP contribution in [0.5, 0.6) is 11.5 Å². The quantitative estimate of drug-likeness (QED) is 0.436. The lowest BCUT2D eigenvalue weighted by atomic mass is 9.83. The van der Waals surface area contributed by atoms with Crippen molar-refractivity contribution in [2.45, 2.75) is 36.9 Å². The van der Waals surface area contributed by atoms with Crippen LogP contribution in [0.25, 0.3) is 0 Å². The Labute approximate surface area is 245 Å². The molecule has 0 amide bonds. The van der Waals surface area contributed by atoms with E-state index in [0.717, 1.165) is 30.9 Å². The highest BCUT2D eigenvalue weighted by Crippen LogP contribution is 2.35. The molecule has 0 saturated carbocycles. The molecule has 12 heteroatoms. The van der Waals surface area contributed by atoms with E-state index in [4.69, 9.17) is 4.74 Å². The van der Waals surface area contributed by atoms with E-state index in [0.29, 0.717) is 63.2 Å². The van der Waals surface area contributed by atoms with E-state index in [1.165, 1.54) is 17.5 Å². The van der Waals surface area contributed by atoms with Crippen molar-refractivity contribution in [1.82, 2.24) is 23.2 Å². The molecule has 2 aromatic heterocycles. The zero-order valence-corrected chi connectivity index (χ0v) is 24.8. The van der Waals surface area contributed by atoms with Crippen LogP contribution in [0.4, 0.5) is 0 Å². The van der Waals surface area contributed by atoms with Crippen LogP contribution in [-0.4, -0.2) is 83.1 Å². The maximum Gasteiger partial charge on any atom is 0.250 e. The summed E-state index contributed by atoms with van der Waals surface area (Å²) in [6, 6.07) is 13.4. The Balaban J connectivity index is 1.14. The zero-order chi connectivity index (χ0) is 29.6. The lowest BCUT2D eigenvalue weighted by Gasteiger charge is -2.43. The summed E-state index contributed by atoms with van der Waals surface area (Å²) >= 11 is 0. The van der Waals surface area contributed by atoms with Gasteiger partial charge >= 0.3 is 0 Å². The molecule has 1 N–H and O–H groups in total. The molecule has 1 aromatic carbocycles. The number of sulfonamides is 1. The molecule has 11 nitrogen and oxygen atoms in total. The SMILES string of the molecule is COc1ccc(S(=O)(=O)N2CCN(Cc3c(O)c(=O)cc(CN4C[C@H]5C[C@@H](C4)c4cccc(=O)n4C5)n3C)CC2)cc1. The first-order chi connectivity index (χ1) is 20.1. The third-order valence-corrected chi connectivity index (χ3v) is 10.9. The second kappa shape index (κ2) is 11.3. The number of aromatic hydroxyl groups is 1. The van der Waals surface area contributed by atoms with E-state index in [1.807, 2.05) is 28.3 Å². The molecule has 2 bridgehead atoms. The number of hydrogen-bond donors (Lipinski definition) is 1. The van der Waals surface area contributed by atoms with Crippen LogP contribution < -0.4 is 15.7 Å². The molecule has 3 aliphatic rings. The van der Waals surface area contributed by atoms with E-state index in [2.05, 4.69) is 9.80 Å². The van der Waals surface area contributed by atoms with Gasteiger partial charge in [0.15, 0.2) is 5.75 Å². The van der Waals surface area contributed by atoms with E-state index >= 15 is 0 Å². The second-order valence-corrected chi connectivity index (χ2v) is 13.5. The monoisotopic (exact) mass is 595 g/mol. The lowest BCUT2D eigenvalue weighted by Crippen LogP contribution is -2.48. The maximum absolute atomic E-state index is 13.2. The first kappa shape index (κ1) is 28.7. The van der Waals surface area contributed by atoms with E-state index in [-0.39, 0.29) is 22.1 Å². The topological polar surface area (TPSA) is 117 Å². The number of methoxy groups -OCH3 is 1. The lowest BCUT2D eigenvalue weighted by molar-refractivity contribution is 0.112. The largest absolute Gasteiger partial charge is 0.503 e. The highest BCUT2D eigenvalue weighted by Gasteiger charge is 2.35. The number of fused-ring (bicyclic) bond motifs is 4. The average molecular weight is 596 g/mol. The molecular formula is C30H37N5O6S. The summed E-state index contributed by atoms with van der Waals surface area (Å²) in [4.78, 5) is 29.9. The molecule has 2 saturated heterocycles. The van der Waals surface area contributed by atoms with Crippen molar-refractivity contribution in [3.05, 3.63) is 86.2 Å². The fourth-order valence-electron chi connectivity index (χ4n) is 6.71. The van der Waals surface area contributed by atoms with E-state index in [9.17, 15) is 23.1 Å². The van der Waals surface area contributed by atoms with Crippen molar-refractivity contribution in [2.75, 3.05) is 46.4 Å². The van der Waals surface area contributed by atoms with Gasteiger partial charge in [-0.15, -0.1) is 0 Å². The molecule has 6 rings (SSSR count). The van der Waals surface area contributed by atoms with Crippen LogP contribution in [0, 0.1) is 5.92 Å². The highest BCUT2D eigenvalue weighted by atomic mass is 32.2. The van der Waals surface area contributed by atoms with Crippen molar-refractivity contribution in [3.63, 3.8) is 0 Å². The van der Waals surface area contributed by atoms with Crippen LogP contribution >= 0.6 is 0 Å². The van der Waals surface area contributed by atoms with Crippen LogP contribution in [0.1, 0.15) is 29.4 Å². The summed E-state index contributed by atoms with van der Waals surface area (Å²) in [5.41, 5.74) is 2.07. The number of hydrogen-bond acceptors (Lipinski definition) is 8. The molecular weight excluding hydrogens is 558 g/mol. The maximum atomic E-state index is 13.2. The van der Waals surface area contributed by atoms with Gasteiger partial charge in [0.25, 0.3) is 5.56 Å². The predicted molar refractivity (Wildman–Crippen MR) is 157 cm³/mol. The van der Waals surface area contributed by atoms with Crippen molar-refractivity contribution >= 4 is 10.0 Å². The number of aromatic nitrogens is 2. The third-order valence-electron chi connectivity index (χ3n) is 8.98. The molecule has 5 heterocycles. The Morgan fingerprint density at radius 2 is 1.67 bits per heavy atom. The molecule has 224 valence electrons. The van der Waals surface area contributed by atoms with Crippen molar-refractivity contribution in [1.29, 1.82) is 0 Å². The van der Waals surface area contributed by atoms with Crippen molar-refractivity contribution in [3.8, 4) is 11.5 Å². The predicted octanol–water partition coefficient (Wildman–Crippen LogP) is 1.39.